The standard InChI is InChI=1S/C15H22O/c1-4-15(5-2)11-7-9-12-8-6-10-13(16-3)14(12)15/h6,8,10H,4-5,7,9,11H2,1-3H3. The first-order chi connectivity index (χ1) is 7.77. The van der Waals surface area contributed by atoms with E-state index in [1.54, 1.807) is 7.11 Å². The second-order valence-electron chi connectivity index (χ2n) is 4.84. The predicted octanol–water partition coefficient (Wildman–Crippen LogP) is 4.09. The summed E-state index contributed by atoms with van der Waals surface area (Å²) in [6, 6.07) is 6.51. The maximum Gasteiger partial charge on any atom is 0.122 e. The Morgan fingerprint density at radius 3 is 2.62 bits per heavy atom. The van der Waals surface area contributed by atoms with Crippen molar-refractivity contribution >= 4 is 0 Å². The molecule has 0 bridgehead atoms. The molecule has 0 fully saturated rings. The third-order valence-corrected chi connectivity index (χ3v) is 4.32. The van der Waals surface area contributed by atoms with E-state index >= 15 is 0 Å². The summed E-state index contributed by atoms with van der Waals surface area (Å²) in [5.41, 5.74) is 3.36. The zero-order chi connectivity index (χ0) is 11.6. The van der Waals surface area contributed by atoms with Gasteiger partial charge in [0.1, 0.15) is 5.75 Å². The van der Waals surface area contributed by atoms with Crippen LogP contribution in [-0.2, 0) is 11.8 Å². The molecule has 16 heavy (non-hydrogen) atoms. The van der Waals surface area contributed by atoms with E-state index in [1.165, 1.54) is 43.2 Å². The maximum absolute atomic E-state index is 5.57. The molecule has 0 aliphatic heterocycles. The Hall–Kier alpha value is -0.980. The molecule has 1 aliphatic rings. The van der Waals surface area contributed by atoms with E-state index in [9.17, 15) is 0 Å². The van der Waals surface area contributed by atoms with Crippen LogP contribution in [0.2, 0.25) is 0 Å². The fraction of sp³-hybridized carbons (Fsp3) is 0.600. The quantitative estimate of drug-likeness (QED) is 0.742. The van der Waals surface area contributed by atoms with Crippen LogP contribution in [0.15, 0.2) is 18.2 Å². The van der Waals surface area contributed by atoms with E-state index < -0.39 is 0 Å². The number of hydrogen-bond acceptors (Lipinski definition) is 1. The third-order valence-electron chi connectivity index (χ3n) is 4.32. The van der Waals surface area contributed by atoms with Crippen LogP contribution >= 0.6 is 0 Å². The van der Waals surface area contributed by atoms with Crippen LogP contribution in [0.25, 0.3) is 0 Å². The summed E-state index contributed by atoms with van der Waals surface area (Å²) in [6.45, 7) is 4.62. The van der Waals surface area contributed by atoms with Crippen LogP contribution in [0.5, 0.6) is 5.75 Å². The van der Waals surface area contributed by atoms with Crippen molar-refractivity contribution in [1.29, 1.82) is 0 Å². The lowest BCUT2D eigenvalue weighted by Crippen LogP contribution is -2.30. The van der Waals surface area contributed by atoms with Crippen LogP contribution in [-0.4, -0.2) is 7.11 Å². The molecule has 0 unspecified atom stereocenters. The first-order valence-electron chi connectivity index (χ1n) is 6.43. The molecule has 0 saturated heterocycles. The van der Waals surface area contributed by atoms with E-state index in [0.29, 0.717) is 5.41 Å². The molecule has 0 heterocycles. The summed E-state index contributed by atoms with van der Waals surface area (Å²) in [6.07, 6.45) is 6.29. The number of methoxy groups -OCH3 is 1. The lowest BCUT2D eigenvalue weighted by Gasteiger charge is -2.39. The van der Waals surface area contributed by atoms with Crippen molar-refractivity contribution in [3.05, 3.63) is 29.3 Å². The van der Waals surface area contributed by atoms with Crippen molar-refractivity contribution in [2.24, 2.45) is 0 Å². The fourth-order valence-electron chi connectivity index (χ4n) is 3.26. The minimum Gasteiger partial charge on any atom is -0.496 e. The Morgan fingerprint density at radius 1 is 1.25 bits per heavy atom. The molecule has 1 heteroatoms. The predicted molar refractivity (Wildman–Crippen MR) is 68.2 cm³/mol. The van der Waals surface area contributed by atoms with Gasteiger partial charge in [0.2, 0.25) is 0 Å². The number of hydrogen-bond donors (Lipinski definition) is 0. The maximum atomic E-state index is 5.57. The average Bonchev–Trinajstić information content (AvgIpc) is 2.37. The summed E-state index contributed by atoms with van der Waals surface area (Å²) in [5, 5.41) is 0. The molecule has 0 atom stereocenters. The molecule has 0 saturated carbocycles. The Balaban J connectivity index is 2.58. The van der Waals surface area contributed by atoms with Crippen molar-refractivity contribution in [2.45, 2.75) is 51.4 Å². The van der Waals surface area contributed by atoms with Gasteiger partial charge in [0, 0.05) is 5.56 Å². The van der Waals surface area contributed by atoms with Crippen molar-refractivity contribution < 1.29 is 4.74 Å². The number of aryl methyl sites for hydroxylation is 1. The van der Waals surface area contributed by atoms with E-state index in [4.69, 9.17) is 4.74 Å². The summed E-state index contributed by atoms with van der Waals surface area (Å²) >= 11 is 0. The van der Waals surface area contributed by atoms with Gasteiger partial charge in [0.15, 0.2) is 0 Å². The number of benzene rings is 1. The minimum absolute atomic E-state index is 0.361. The molecule has 1 aliphatic carbocycles. The molecule has 1 aromatic rings. The largest absolute Gasteiger partial charge is 0.496 e. The number of rotatable bonds is 3. The Morgan fingerprint density at radius 2 is 2.00 bits per heavy atom. The Kier molecular flexibility index (Phi) is 3.22. The molecule has 0 spiro atoms. The summed E-state index contributed by atoms with van der Waals surface area (Å²) < 4.78 is 5.57. The van der Waals surface area contributed by atoms with Crippen LogP contribution in [0, 0.1) is 0 Å². The Labute approximate surface area is 98.8 Å². The van der Waals surface area contributed by atoms with Gasteiger partial charge in [-0.3, -0.25) is 0 Å². The number of fused-ring (bicyclic) bond motifs is 1. The average molecular weight is 218 g/mol. The monoisotopic (exact) mass is 218 g/mol. The lowest BCUT2D eigenvalue weighted by atomic mass is 9.66. The molecule has 2 rings (SSSR count). The van der Waals surface area contributed by atoms with Crippen LogP contribution in [0.3, 0.4) is 0 Å². The van der Waals surface area contributed by atoms with Crippen molar-refractivity contribution in [3.8, 4) is 5.75 Å². The minimum atomic E-state index is 0.361. The molecule has 0 radical (unpaired) electrons. The van der Waals surface area contributed by atoms with Crippen molar-refractivity contribution in [3.63, 3.8) is 0 Å². The first-order valence-corrected chi connectivity index (χ1v) is 6.43. The zero-order valence-corrected chi connectivity index (χ0v) is 10.7. The topological polar surface area (TPSA) is 9.23 Å². The SMILES string of the molecule is CCC1(CC)CCCc2cccc(OC)c21. The van der Waals surface area contributed by atoms with Gasteiger partial charge >= 0.3 is 0 Å². The highest BCUT2D eigenvalue weighted by molar-refractivity contribution is 5.47. The molecule has 88 valence electrons. The van der Waals surface area contributed by atoms with Gasteiger partial charge in [-0.05, 0) is 49.1 Å². The normalized spacial score (nSPS) is 17.9. The first kappa shape index (κ1) is 11.5. The van der Waals surface area contributed by atoms with E-state index in [-0.39, 0.29) is 0 Å². The van der Waals surface area contributed by atoms with Crippen LogP contribution in [0.4, 0.5) is 0 Å². The van der Waals surface area contributed by atoms with E-state index in [1.807, 2.05) is 0 Å². The van der Waals surface area contributed by atoms with Gasteiger partial charge in [0.05, 0.1) is 7.11 Å². The van der Waals surface area contributed by atoms with Crippen LogP contribution in [0.1, 0.15) is 50.7 Å². The van der Waals surface area contributed by atoms with Crippen molar-refractivity contribution in [1.82, 2.24) is 0 Å². The summed E-state index contributed by atoms with van der Waals surface area (Å²) in [4.78, 5) is 0. The van der Waals surface area contributed by atoms with Gasteiger partial charge < -0.3 is 4.74 Å². The molecule has 1 nitrogen and oxygen atoms in total. The summed E-state index contributed by atoms with van der Waals surface area (Å²) in [7, 11) is 1.79. The highest BCUT2D eigenvalue weighted by atomic mass is 16.5. The second-order valence-corrected chi connectivity index (χ2v) is 4.84. The lowest BCUT2D eigenvalue weighted by molar-refractivity contribution is 0.312. The third kappa shape index (κ3) is 1.63. The zero-order valence-electron chi connectivity index (χ0n) is 10.7. The molecule has 0 N–H and O–H groups in total. The van der Waals surface area contributed by atoms with E-state index in [0.717, 1.165) is 5.75 Å². The highest BCUT2D eigenvalue weighted by Gasteiger charge is 2.35. The highest BCUT2D eigenvalue weighted by Crippen LogP contribution is 2.46. The van der Waals surface area contributed by atoms with Gasteiger partial charge in [-0.2, -0.15) is 0 Å². The molecule has 0 amide bonds. The van der Waals surface area contributed by atoms with Gasteiger partial charge in [-0.25, -0.2) is 0 Å². The smallest absolute Gasteiger partial charge is 0.122 e. The molecular weight excluding hydrogens is 196 g/mol. The second kappa shape index (κ2) is 4.48. The van der Waals surface area contributed by atoms with Gasteiger partial charge in [-0.1, -0.05) is 26.0 Å². The van der Waals surface area contributed by atoms with Crippen LogP contribution < -0.4 is 4.74 Å². The van der Waals surface area contributed by atoms with Gasteiger partial charge in [-0.15, -0.1) is 0 Å². The number of ether oxygens (including phenoxy) is 1. The molecule has 1 aromatic carbocycles. The molecule has 0 aromatic heterocycles. The van der Waals surface area contributed by atoms with Crippen molar-refractivity contribution in [2.75, 3.05) is 7.11 Å². The summed E-state index contributed by atoms with van der Waals surface area (Å²) in [5.74, 6) is 1.10. The molecular formula is C15H22O. The van der Waals surface area contributed by atoms with Gasteiger partial charge in [0.25, 0.3) is 0 Å². The van der Waals surface area contributed by atoms with E-state index in [2.05, 4.69) is 32.0 Å². The Bertz CT molecular complexity index is 349. The fourth-order valence-corrected chi connectivity index (χ4v) is 3.26.